The monoisotopic (exact) mass is 919 g/mol. The van der Waals surface area contributed by atoms with Crippen LogP contribution in [0.3, 0.4) is 0 Å². The number of ether oxygens (including phenoxy) is 1. The van der Waals surface area contributed by atoms with Crippen LogP contribution in [0.5, 0.6) is 11.5 Å². The molecule has 0 unspecified atom stereocenters. The van der Waals surface area contributed by atoms with Gasteiger partial charge in [-0.1, -0.05) is 61.7 Å². The molecule has 1 aliphatic heterocycles. The first-order valence-corrected chi connectivity index (χ1v) is 23.6. The van der Waals surface area contributed by atoms with E-state index in [9.17, 15) is 28.4 Å². The fourth-order valence-corrected chi connectivity index (χ4v) is 10.0. The van der Waals surface area contributed by atoms with E-state index in [-0.39, 0.29) is 44.9 Å². The summed E-state index contributed by atoms with van der Waals surface area (Å²) < 4.78 is 35.6. The highest BCUT2D eigenvalue weighted by molar-refractivity contribution is 7.90. The predicted molar refractivity (Wildman–Crippen MR) is 248 cm³/mol. The minimum absolute atomic E-state index is 0.0402. The quantitative estimate of drug-likeness (QED) is 0.0693. The van der Waals surface area contributed by atoms with Crippen LogP contribution in [-0.4, -0.2) is 79.1 Å². The first-order chi connectivity index (χ1) is 29.9. The van der Waals surface area contributed by atoms with Crippen molar-refractivity contribution in [3.63, 3.8) is 0 Å². The molecule has 0 spiro atoms. The summed E-state index contributed by atoms with van der Waals surface area (Å²) >= 11 is 12.5. The number of halogens is 2. The second kappa shape index (κ2) is 19.0. The summed E-state index contributed by atoms with van der Waals surface area (Å²) in [6.45, 7) is 10.9. The van der Waals surface area contributed by atoms with Crippen LogP contribution in [0.25, 0.3) is 5.57 Å². The van der Waals surface area contributed by atoms with Gasteiger partial charge < -0.3 is 25.8 Å². The third-order valence-electron chi connectivity index (χ3n) is 12.8. The van der Waals surface area contributed by atoms with E-state index in [1.165, 1.54) is 47.2 Å². The topological polar surface area (TPSA) is 193 Å². The Bertz CT molecular complexity index is 2480. The molecule has 1 amide bonds. The maximum atomic E-state index is 13.9. The molecule has 17 heteroatoms. The van der Waals surface area contributed by atoms with Gasteiger partial charge in [-0.05, 0) is 110 Å². The summed E-state index contributed by atoms with van der Waals surface area (Å²) in [7, 11) is -4.60. The van der Waals surface area contributed by atoms with E-state index in [1.807, 2.05) is 19.1 Å². The highest BCUT2D eigenvalue weighted by Crippen LogP contribution is 2.44. The number of sulfonamides is 1. The van der Waals surface area contributed by atoms with Crippen molar-refractivity contribution in [1.29, 1.82) is 0 Å². The fraction of sp³-hybridized carbons (Fsp3) is 0.435. The van der Waals surface area contributed by atoms with Gasteiger partial charge in [0.05, 0.1) is 32.2 Å². The van der Waals surface area contributed by atoms with E-state index >= 15 is 0 Å². The van der Waals surface area contributed by atoms with Crippen LogP contribution < -0.4 is 25.4 Å². The van der Waals surface area contributed by atoms with Crippen molar-refractivity contribution < 1.29 is 28.0 Å². The smallest absolute Gasteiger partial charge is 0.293 e. The molecule has 336 valence electrons. The van der Waals surface area contributed by atoms with Crippen LogP contribution >= 0.6 is 23.2 Å². The van der Waals surface area contributed by atoms with Gasteiger partial charge in [-0.25, -0.2) is 18.1 Å². The maximum absolute atomic E-state index is 13.9. The van der Waals surface area contributed by atoms with E-state index in [0.717, 1.165) is 68.5 Å². The third kappa shape index (κ3) is 11.2. The lowest BCUT2D eigenvalue weighted by Gasteiger charge is -2.39. The zero-order chi connectivity index (χ0) is 45.1. The molecule has 14 nitrogen and oxygen atoms in total. The molecular weight excluding hydrogens is 866 g/mol. The van der Waals surface area contributed by atoms with Crippen LogP contribution in [0.2, 0.25) is 10.0 Å². The zero-order valence-corrected chi connectivity index (χ0v) is 38.2. The zero-order valence-electron chi connectivity index (χ0n) is 35.8. The molecule has 4 aromatic rings. The number of nitrogens with two attached hydrogens (primary N) is 1. The molecule has 5 N–H and O–H groups in total. The molecule has 2 aliphatic carbocycles. The number of carbonyl (C=O) groups excluding carboxylic acids is 1. The van der Waals surface area contributed by atoms with Crippen molar-refractivity contribution in [2.75, 3.05) is 55.2 Å². The Balaban J connectivity index is 1.07. The molecule has 7 rings (SSSR count). The molecule has 2 heterocycles. The third-order valence-corrected chi connectivity index (χ3v) is 14.7. The van der Waals surface area contributed by atoms with Gasteiger partial charge in [0.25, 0.3) is 21.6 Å². The molecule has 0 bridgehead atoms. The van der Waals surface area contributed by atoms with Gasteiger partial charge in [0.1, 0.15) is 23.0 Å². The first-order valence-electron chi connectivity index (χ1n) is 21.4. The van der Waals surface area contributed by atoms with Crippen molar-refractivity contribution in [3.05, 3.63) is 110 Å². The van der Waals surface area contributed by atoms with Gasteiger partial charge in [0, 0.05) is 68.2 Å². The van der Waals surface area contributed by atoms with Crippen LogP contribution in [-0.2, 0) is 10.0 Å². The van der Waals surface area contributed by atoms with Gasteiger partial charge in [0.2, 0.25) is 0 Å². The highest BCUT2D eigenvalue weighted by atomic mass is 35.5. The lowest BCUT2D eigenvalue weighted by Crippen LogP contribution is -2.47. The Hall–Kier alpha value is -4.93. The second-order valence-corrected chi connectivity index (χ2v) is 20.3. The number of nitro benzene ring substituents is 1. The average molecular weight is 921 g/mol. The van der Waals surface area contributed by atoms with E-state index in [0.29, 0.717) is 38.9 Å². The summed E-state index contributed by atoms with van der Waals surface area (Å²) in [6.07, 6.45) is 7.99. The van der Waals surface area contributed by atoms with Gasteiger partial charge in [-0.2, -0.15) is 0 Å². The maximum Gasteiger partial charge on any atom is 0.293 e. The van der Waals surface area contributed by atoms with Crippen LogP contribution in [0, 0.1) is 21.4 Å². The number of amides is 1. The van der Waals surface area contributed by atoms with Crippen molar-refractivity contribution >= 4 is 67.6 Å². The molecule has 3 aliphatic rings. The highest BCUT2D eigenvalue weighted by Gasteiger charge is 2.33. The number of aromatic nitrogens is 1. The largest absolute Gasteiger partial charge is 0.455 e. The van der Waals surface area contributed by atoms with Crippen LogP contribution in [0.1, 0.15) is 88.1 Å². The number of nitrogens with zero attached hydrogens (tertiary/aromatic N) is 4. The number of hydrogen-bond acceptors (Lipinski definition) is 12. The van der Waals surface area contributed by atoms with Gasteiger partial charge in [0.15, 0.2) is 0 Å². The number of benzene rings is 3. The Labute approximate surface area is 379 Å². The number of hydrogen-bond donors (Lipinski definition) is 4. The number of piperazine rings is 1. The second-order valence-electron chi connectivity index (χ2n) is 17.8. The summed E-state index contributed by atoms with van der Waals surface area (Å²) in [5.41, 5.74) is 9.78. The van der Waals surface area contributed by atoms with E-state index in [1.54, 1.807) is 12.1 Å². The van der Waals surface area contributed by atoms with Crippen molar-refractivity contribution in [1.82, 2.24) is 14.6 Å². The number of allylic oxidation sites excluding steroid dienone is 1. The summed E-state index contributed by atoms with van der Waals surface area (Å²) in [5, 5.41) is 26.7. The number of nitrogen functional groups attached to an aromatic ring is 1. The minimum atomic E-state index is -4.60. The molecule has 3 aromatic carbocycles. The van der Waals surface area contributed by atoms with Crippen molar-refractivity contribution in [2.24, 2.45) is 11.3 Å². The molecule has 1 aromatic heterocycles. The van der Waals surface area contributed by atoms with Crippen molar-refractivity contribution in [3.8, 4) is 11.5 Å². The van der Waals surface area contributed by atoms with Gasteiger partial charge >= 0.3 is 0 Å². The molecule has 1 saturated carbocycles. The molecule has 0 atom stereocenters. The number of rotatable bonds is 14. The van der Waals surface area contributed by atoms with E-state index in [4.69, 9.17) is 33.7 Å². The minimum Gasteiger partial charge on any atom is -0.455 e. The number of pyridine rings is 1. The first kappa shape index (κ1) is 46.1. The lowest BCUT2D eigenvalue weighted by atomic mass is 9.72. The summed E-state index contributed by atoms with van der Waals surface area (Å²) in [4.78, 5) is 33.6. The average Bonchev–Trinajstić information content (AvgIpc) is 3.25. The molecular formula is C46H55Cl2N7O7S. The van der Waals surface area contributed by atoms with Crippen molar-refractivity contribution in [2.45, 2.75) is 82.6 Å². The normalized spacial score (nSPS) is 20.6. The summed E-state index contributed by atoms with van der Waals surface area (Å²) in [5.74, 6) is -0.522. The lowest BCUT2D eigenvalue weighted by molar-refractivity contribution is -0.384. The predicted octanol–water partition coefficient (Wildman–Crippen LogP) is 9.32. The number of aliphatic hydroxyl groups is 1. The Morgan fingerprint density at radius 3 is 2.40 bits per heavy atom. The number of carbonyl (C=O) groups is 1. The van der Waals surface area contributed by atoms with Gasteiger partial charge in [-0.3, -0.25) is 19.8 Å². The molecule has 0 radical (unpaired) electrons. The Morgan fingerprint density at radius 1 is 1.02 bits per heavy atom. The molecule has 1 saturated heterocycles. The number of nitro groups is 1. The Kier molecular flexibility index (Phi) is 13.9. The molecule has 2 fully saturated rings. The van der Waals surface area contributed by atoms with Crippen LogP contribution in [0.4, 0.5) is 22.9 Å². The van der Waals surface area contributed by atoms with E-state index < -0.39 is 37.0 Å². The van der Waals surface area contributed by atoms with Gasteiger partial charge in [-0.15, -0.1) is 0 Å². The number of anilines is 3. The molecule has 63 heavy (non-hydrogen) atoms. The number of nitrogens with one attached hydrogen (secondary N) is 2. The fourth-order valence-electron chi connectivity index (χ4n) is 8.73. The Morgan fingerprint density at radius 2 is 1.73 bits per heavy atom. The summed E-state index contributed by atoms with van der Waals surface area (Å²) in [6, 6.07) is 17.9. The standard InChI is InChI=1S/C46H55Cl2N7O7S/c1-4-46(57)17-13-30(14-18-46)27-50-40-12-10-36(25-41(40)55(58)59)63(60,61)52-44(56)37-11-9-34(23-42(37)62-35-24-39(48)43(49)51-28-35)54-21-19-53(20-22-54)29-32-15-16-45(2,3)26-38(32)31-5-7-33(47)8-6-31/h5-12,23-25,28,30,50,57H,4,13-22,26-27,29H2,1-3H3,(H2,49,51)(H,52,56)/t30-,46+. The SMILES string of the molecule is CC[C@]1(O)CC[C@@H](CNc2ccc(S(=O)(=O)NC(=O)c3ccc(N4CCN(CC5=C(c6ccc(Cl)cc6)CC(C)(C)CC5)CC4)cc3Oc3cnc(N)c(Cl)c3)cc2[N+](=O)[O-])CC1. The van der Waals surface area contributed by atoms with Crippen LogP contribution in [0.15, 0.2) is 83.4 Å². The van der Waals surface area contributed by atoms with E-state index in [2.05, 4.69) is 50.8 Å².